The molecule has 4 heteroatoms. The van der Waals surface area contributed by atoms with Crippen LogP contribution in [0.3, 0.4) is 0 Å². The maximum Gasteiger partial charge on any atom is 0.144 e. The molecular formula is C50H44N2O2. The van der Waals surface area contributed by atoms with Gasteiger partial charge in [-0.05, 0) is 134 Å². The molecule has 0 N–H and O–H groups in total. The third kappa shape index (κ3) is 4.96. The zero-order valence-corrected chi connectivity index (χ0v) is 31.1. The van der Waals surface area contributed by atoms with Gasteiger partial charge in [0, 0.05) is 69.2 Å². The Morgan fingerprint density at radius 1 is 0.463 bits per heavy atom. The molecule has 0 saturated carbocycles. The van der Waals surface area contributed by atoms with Gasteiger partial charge in [-0.2, -0.15) is 0 Å². The smallest absolute Gasteiger partial charge is 0.144 e. The lowest BCUT2D eigenvalue weighted by atomic mass is 9.89. The minimum absolute atomic E-state index is 0.551. The van der Waals surface area contributed by atoms with E-state index in [2.05, 4.69) is 145 Å². The SMILES string of the molecule is CC1CCCCN1c1ccc2cc3c(cc2c1)oc1c(-c2ccccc2)c(-c2ccccc2)c2oc4cc5cc(N6CCCCC6C)ccc5cc4c2c13. The molecule has 266 valence electrons. The van der Waals surface area contributed by atoms with E-state index in [1.165, 1.54) is 71.4 Å². The molecule has 2 aliphatic rings. The highest BCUT2D eigenvalue weighted by Gasteiger charge is 2.28. The largest absolute Gasteiger partial charge is 0.455 e. The van der Waals surface area contributed by atoms with Crippen molar-refractivity contribution in [2.24, 2.45) is 0 Å². The summed E-state index contributed by atoms with van der Waals surface area (Å²) < 4.78 is 14.3. The van der Waals surface area contributed by atoms with Gasteiger partial charge in [-0.15, -0.1) is 0 Å². The number of piperidine rings is 2. The Labute approximate surface area is 315 Å². The zero-order chi connectivity index (χ0) is 35.9. The predicted molar refractivity (Wildman–Crippen MR) is 228 cm³/mol. The molecule has 0 bridgehead atoms. The van der Waals surface area contributed by atoms with Crippen molar-refractivity contribution in [3.8, 4) is 22.3 Å². The first-order valence-corrected chi connectivity index (χ1v) is 20.0. The summed E-state index contributed by atoms with van der Waals surface area (Å²) in [6.07, 6.45) is 7.61. The van der Waals surface area contributed by atoms with E-state index in [0.29, 0.717) is 12.1 Å². The summed E-state index contributed by atoms with van der Waals surface area (Å²) in [5.74, 6) is 0. The van der Waals surface area contributed by atoms with E-state index < -0.39 is 0 Å². The van der Waals surface area contributed by atoms with Crippen molar-refractivity contribution in [2.75, 3.05) is 22.9 Å². The molecule has 0 spiro atoms. The normalized spacial score (nSPS) is 18.3. The Morgan fingerprint density at radius 3 is 1.33 bits per heavy atom. The number of rotatable bonds is 4. The van der Waals surface area contributed by atoms with E-state index in [4.69, 9.17) is 8.83 Å². The number of fused-ring (bicyclic) bond motifs is 9. The Morgan fingerprint density at radius 2 is 0.907 bits per heavy atom. The summed E-state index contributed by atoms with van der Waals surface area (Å²) in [7, 11) is 0. The number of nitrogens with zero attached hydrogens (tertiary/aromatic N) is 2. The number of hydrogen-bond donors (Lipinski definition) is 0. The molecule has 2 saturated heterocycles. The lowest BCUT2D eigenvalue weighted by Crippen LogP contribution is -2.37. The molecule has 0 aliphatic carbocycles. The van der Waals surface area contributed by atoms with Gasteiger partial charge < -0.3 is 18.6 Å². The second-order valence-electron chi connectivity index (χ2n) is 15.9. The fourth-order valence-corrected chi connectivity index (χ4v) is 9.81. The second-order valence-corrected chi connectivity index (χ2v) is 15.9. The first-order valence-electron chi connectivity index (χ1n) is 20.0. The van der Waals surface area contributed by atoms with Crippen molar-refractivity contribution in [3.63, 3.8) is 0 Å². The van der Waals surface area contributed by atoms with Crippen molar-refractivity contribution in [2.45, 2.75) is 64.5 Å². The lowest BCUT2D eigenvalue weighted by molar-refractivity contribution is 0.485. The minimum Gasteiger partial charge on any atom is -0.455 e. The van der Waals surface area contributed by atoms with Crippen LogP contribution in [0.4, 0.5) is 11.4 Å². The maximum atomic E-state index is 7.16. The molecule has 2 unspecified atom stereocenters. The monoisotopic (exact) mass is 704 g/mol. The van der Waals surface area contributed by atoms with Crippen LogP contribution < -0.4 is 9.80 Å². The highest BCUT2D eigenvalue weighted by atomic mass is 16.3. The van der Waals surface area contributed by atoms with Gasteiger partial charge >= 0.3 is 0 Å². The van der Waals surface area contributed by atoms with Gasteiger partial charge in [0.15, 0.2) is 0 Å². The van der Waals surface area contributed by atoms with Gasteiger partial charge in [-0.3, -0.25) is 0 Å². The third-order valence-electron chi connectivity index (χ3n) is 12.6. The predicted octanol–water partition coefficient (Wildman–Crippen LogP) is 13.9. The van der Waals surface area contributed by atoms with Gasteiger partial charge in [-0.25, -0.2) is 0 Å². The molecule has 2 aromatic heterocycles. The molecule has 7 aromatic carbocycles. The second kappa shape index (κ2) is 12.4. The van der Waals surface area contributed by atoms with E-state index in [1.54, 1.807) is 0 Å². The topological polar surface area (TPSA) is 32.8 Å². The molecule has 0 amide bonds. The number of furan rings is 2. The summed E-state index contributed by atoms with van der Waals surface area (Å²) in [5, 5.41) is 9.33. The van der Waals surface area contributed by atoms with E-state index in [0.717, 1.165) is 79.2 Å². The summed E-state index contributed by atoms with van der Waals surface area (Å²) in [6.45, 7) is 6.94. The Balaban J connectivity index is 1.23. The molecule has 4 nitrogen and oxygen atoms in total. The molecule has 2 atom stereocenters. The van der Waals surface area contributed by atoms with Crippen LogP contribution in [0.15, 0.2) is 130 Å². The zero-order valence-electron chi connectivity index (χ0n) is 31.1. The quantitative estimate of drug-likeness (QED) is 0.183. The molecule has 54 heavy (non-hydrogen) atoms. The Bertz CT molecular complexity index is 2690. The Hall–Kier alpha value is -5.74. The summed E-state index contributed by atoms with van der Waals surface area (Å²) in [6, 6.07) is 45.7. The van der Waals surface area contributed by atoms with Crippen LogP contribution in [0.1, 0.15) is 52.4 Å². The van der Waals surface area contributed by atoms with Crippen molar-refractivity contribution in [1.29, 1.82) is 0 Å². The highest BCUT2D eigenvalue weighted by Crippen LogP contribution is 2.51. The van der Waals surface area contributed by atoms with Crippen LogP contribution in [-0.2, 0) is 0 Å². The number of benzene rings is 7. The Kier molecular flexibility index (Phi) is 7.30. The molecule has 2 aliphatic heterocycles. The summed E-state index contributed by atoms with van der Waals surface area (Å²) in [5.41, 5.74) is 10.6. The van der Waals surface area contributed by atoms with E-state index in [9.17, 15) is 0 Å². The summed E-state index contributed by atoms with van der Waals surface area (Å²) >= 11 is 0. The molecular weight excluding hydrogens is 661 g/mol. The van der Waals surface area contributed by atoms with Crippen molar-refractivity contribution in [3.05, 3.63) is 121 Å². The van der Waals surface area contributed by atoms with Crippen LogP contribution in [0.2, 0.25) is 0 Å². The van der Waals surface area contributed by atoms with Gasteiger partial charge in [0.05, 0.1) is 0 Å². The van der Waals surface area contributed by atoms with E-state index in [-0.39, 0.29) is 0 Å². The van der Waals surface area contributed by atoms with Gasteiger partial charge in [0.1, 0.15) is 22.3 Å². The number of anilines is 2. The lowest BCUT2D eigenvalue weighted by Gasteiger charge is -2.35. The van der Waals surface area contributed by atoms with Gasteiger partial charge in [-0.1, -0.05) is 72.8 Å². The third-order valence-corrected chi connectivity index (χ3v) is 12.6. The minimum atomic E-state index is 0.551. The average molecular weight is 705 g/mol. The maximum absolute atomic E-state index is 7.16. The molecule has 0 radical (unpaired) electrons. The van der Waals surface area contributed by atoms with E-state index in [1.807, 2.05) is 0 Å². The van der Waals surface area contributed by atoms with Crippen LogP contribution >= 0.6 is 0 Å². The fraction of sp³-hybridized carbons (Fsp3) is 0.240. The standard InChI is InChI=1S/C50H44N2O2/c1-31-13-9-11-23-51(31)39-21-19-35-27-41-43(29-37(35)25-39)53-49-45(33-15-5-3-6-16-33)46(34-17-7-4-8-18-34)50-48(47(41)49)42-28-36-20-22-40(26-38(36)30-44(42)54-50)52-24-12-10-14-32(52)2/h3-8,15-22,25-32H,9-14,23-24H2,1-2H3. The van der Waals surface area contributed by atoms with Crippen molar-refractivity contribution < 1.29 is 8.83 Å². The van der Waals surface area contributed by atoms with E-state index >= 15 is 0 Å². The van der Waals surface area contributed by atoms with Crippen LogP contribution in [-0.4, -0.2) is 25.2 Å². The van der Waals surface area contributed by atoms with Crippen LogP contribution in [0.25, 0.3) is 87.7 Å². The first kappa shape index (κ1) is 31.8. The van der Waals surface area contributed by atoms with Gasteiger partial charge in [0.2, 0.25) is 0 Å². The van der Waals surface area contributed by atoms with Crippen molar-refractivity contribution >= 4 is 76.8 Å². The van der Waals surface area contributed by atoms with Crippen LogP contribution in [0, 0.1) is 0 Å². The summed E-state index contributed by atoms with van der Waals surface area (Å²) in [4.78, 5) is 5.15. The average Bonchev–Trinajstić information content (AvgIpc) is 3.76. The number of hydrogen-bond acceptors (Lipinski definition) is 4. The fourth-order valence-electron chi connectivity index (χ4n) is 9.81. The highest BCUT2D eigenvalue weighted by molar-refractivity contribution is 6.33. The molecule has 9 aromatic rings. The molecule has 4 heterocycles. The first-order chi connectivity index (χ1) is 26.6. The van der Waals surface area contributed by atoms with Crippen molar-refractivity contribution in [1.82, 2.24) is 0 Å². The molecule has 2 fully saturated rings. The molecule has 11 rings (SSSR count). The van der Waals surface area contributed by atoms with Gasteiger partial charge in [0.25, 0.3) is 0 Å². The van der Waals surface area contributed by atoms with Crippen LogP contribution in [0.5, 0.6) is 0 Å².